The van der Waals surface area contributed by atoms with Crippen LogP contribution in [0, 0.1) is 0 Å². The Bertz CT molecular complexity index is 1470. The van der Waals surface area contributed by atoms with E-state index in [1.54, 1.807) is 88.7 Å². The molecule has 3 N–H and O–H groups in total. The first-order valence-corrected chi connectivity index (χ1v) is 12.9. The number of anilines is 1. The van der Waals surface area contributed by atoms with E-state index in [1.807, 2.05) is 18.2 Å². The first-order valence-electron chi connectivity index (χ1n) is 12.9. The summed E-state index contributed by atoms with van der Waals surface area (Å²) in [4.78, 5) is 29.0. The number of carbonyl (C=O) groups excluding carboxylic acids is 2. The molecular weight excluding hydrogens is 510 g/mol. The van der Waals surface area contributed by atoms with Gasteiger partial charge in [0.15, 0.2) is 11.5 Å². The van der Waals surface area contributed by atoms with Crippen LogP contribution in [0.15, 0.2) is 79.0 Å². The standard InChI is InChI=1S/C31H33N3O6/c1-31(2,3)40-30(36)24(32)15-17-38-28-19-25-23(18-27(28)37-4)26(14-16-33-25)39-22-12-10-21(11-13-22)34-29(35)20-8-6-5-7-9-20/h5-14,16,18-19,24H,15,17,32H2,1-4H3,(H,34,35)/t24-/m0/s1. The van der Waals surface area contributed by atoms with Gasteiger partial charge in [-0.3, -0.25) is 14.6 Å². The molecule has 9 nitrogen and oxygen atoms in total. The fourth-order valence-electron chi connectivity index (χ4n) is 3.81. The van der Waals surface area contributed by atoms with Crippen LogP contribution in [-0.2, 0) is 9.53 Å². The minimum atomic E-state index is -0.804. The number of rotatable bonds is 10. The molecule has 4 aromatic rings. The number of ether oxygens (including phenoxy) is 4. The highest BCUT2D eigenvalue weighted by atomic mass is 16.6. The maximum Gasteiger partial charge on any atom is 0.323 e. The third kappa shape index (κ3) is 7.48. The van der Waals surface area contributed by atoms with Crippen LogP contribution < -0.4 is 25.3 Å². The highest BCUT2D eigenvalue weighted by Crippen LogP contribution is 2.37. The van der Waals surface area contributed by atoms with Crippen molar-refractivity contribution in [1.82, 2.24) is 4.98 Å². The zero-order valence-corrected chi connectivity index (χ0v) is 23.0. The number of hydrogen-bond donors (Lipinski definition) is 2. The van der Waals surface area contributed by atoms with E-state index in [0.717, 1.165) is 5.39 Å². The van der Waals surface area contributed by atoms with Crippen molar-refractivity contribution in [3.63, 3.8) is 0 Å². The lowest BCUT2D eigenvalue weighted by molar-refractivity contribution is -0.156. The van der Waals surface area contributed by atoms with Crippen molar-refractivity contribution in [1.29, 1.82) is 0 Å². The Morgan fingerprint density at radius 2 is 1.68 bits per heavy atom. The summed E-state index contributed by atoms with van der Waals surface area (Å²) in [5, 5.41) is 3.59. The van der Waals surface area contributed by atoms with Crippen molar-refractivity contribution >= 4 is 28.5 Å². The van der Waals surface area contributed by atoms with Gasteiger partial charge in [-0.1, -0.05) is 18.2 Å². The van der Waals surface area contributed by atoms with Crippen molar-refractivity contribution < 1.29 is 28.5 Å². The van der Waals surface area contributed by atoms with E-state index in [1.165, 1.54) is 0 Å². The van der Waals surface area contributed by atoms with Crippen LogP contribution in [0.3, 0.4) is 0 Å². The van der Waals surface area contributed by atoms with Crippen LogP contribution in [-0.4, -0.2) is 42.2 Å². The fraction of sp³-hybridized carbons (Fsp3) is 0.258. The second-order valence-electron chi connectivity index (χ2n) is 10.1. The summed E-state index contributed by atoms with van der Waals surface area (Å²) in [5.41, 5.74) is 7.22. The van der Waals surface area contributed by atoms with Crippen molar-refractivity contribution in [2.75, 3.05) is 19.0 Å². The smallest absolute Gasteiger partial charge is 0.323 e. The summed E-state index contributed by atoms with van der Waals surface area (Å²) < 4.78 is 22.9. The highest BCUT2D eigenvalue weighted by molar-refractivity contribution is 6.04. The lowest BCUT2D eigenvalue weighted by Gasteiger charge is -2.22. The van der Waals surface area contributed by atoms with Gasteiger partial charge >= 0.3 is 5.97 Å². The van der Waals surface area contributed by atoms with Crippen LogP contribution >= 0.6 is 0 Å². The average molecular weight is 544 g/mol. The summed E-state index contributed by atoms with van der Waals surface area (Å²) >= 11 is 0. The maximum absolute atomic E-state index is 12.4. The van der Waals surface area contributed by atoms with E-state index in [-0.39, 0.29) is 18.9 Å². The van der Waals surface area contributed by atoms with Gasteiger partial charge < -0.3 is 30.0 Å². The van der Waals surface area contributed by atoms with E-state index in [4.69, 9.17) is 24.7 Å². The van der Waals surface area contributed by atoms with Crippen molar-refractivity contribution in [3.05, 3.63) is 84.6 Å². The monoisotopic (exact) mass is 543 g/mol. The lowest BCUT2D eigenvalue weighted by atomic mass is 10.1. The third-order valence-electron chi connectivity index (χ3n) is 5.76. The van der Waals surface area contributed by atoms with Crippen molar-refractivity contribution in [3.8, 4) is 23.0 Å². The van der Waals surface area contributed by atoms with E-state index in [2.05, 4.69) is 10.3 Å². The van der Waals surface area contributed by atoms with Gasteiger partial charge in [0.1, 0.15) is 23.1 Å². The van der Waals surface area contributed by atoms with Gasteiger partial charge in [-0.25, -0.2) is 0 Å². The van der Waals surface area contributed by atoms with Crippen molar-refractivity contribution in [2.45, 2.75) is 38.8 Å². The molecule has 0 bridgehead atoms. The van der Waals surface area contributed by atoms with Gasteiger partial charge in [0.05, 0.1) is 19.2 Å². The number of nitrogens with zero attached hydrogens (tertiary/aromatic N) is 1. The molecule has 9 heteroatoms. The molecule has 0 radical (unpaired) electrons. The predicted molar refractivity (Wildman–Crippen MR) is 153 cm³/mol. The molecule has 0 fully saturated rings. The van der Waals surface area contributed by atoms with Gasteiger partial charge in [-0.05, 0) is 69.3 Å². The van der Waals surface area contributed by atoms with Gasteiger partial charge in [-0.15, -0.1) is 0 Å². The van der Waals surface area contributed by atoms with Gasteiger partial charge in [0, 0.05) is 35.3 Å². The Labute approximate surface area is 233 Å². The lowest BCUT2D eigenvalue weighted by Crippen LogP contribution is -2.38. The Hall–Kier alpha value is -4.63. The highest BCUT2D eigenvalue weighted by Gasteiger charge is 2.22. The number of nitrogens with two attached hydrogens (primary N) is 1. The van der Waals surface area contributed by atoms with Crippen LogP contribution in [0.25, 0.3) is 10.9 Å². The first-order chi connectivity index (χ1) is 19.1. The molecule has 3 aromatic carbocycles. The minimum Gasteiger partial charge on any atom is -0.493 e. The van der Waals surface area contributed by atoms with E-state index in [0.29, 0.717) is 39.8 Å². The number of carbonyl (C=O) groups is 2. The molecule has 0 aliphatic rings. The van der Waals surface area contributed by atoms with Gasteiger partial charge in [0.2, 0.25) is 0 Å². The number of fused-ring (bicyclic) bond motifs is 1. The average Bonchev–Trinajstić information content (AvgIpc) is 2.93. The number of benzene rings is 3. The number of aromatic nitrogens is 1. The van der Waals surface area contributed by atoms with Crippen LogP contribution in [0.4, 0.5) is 5.69 Å². The Morgan fingerprint density at radius 3 is 2.35 bits per heavy atom. The molecule has 1 amide bonds. The summed E-state index contributed by atoms with van der Waals surface area (Å²) in [6.45, 7) is 5.56. The second kappa shape index (κ2) is 12.5. The van der Waals surface area contributed by atoms with E-state index >= 15 is 0 Å². The van der Waals surface area contributed by atoms with Crippen LogP contribution in [0.1, 0.15) is 37.6 Å². The number of nitrogens with one attached hydrogen (secondary N) is 1. The number of hydrogen-bond acceptors (Lipinski definition) is 8. The van der Waals surface area contributed by atoms with Gasteiger partial charge in [-0.2, -0.15) is 0 Å². The predicted octanol–water partition coefficient (Wildman–Crippen LogP) is 5.73. The third-order valence-corrected chi connectivity index (χ3v) is 5.76. The number of amides is 1. The molecular formula is C31H33N3O6. The van der Waals surface area contributed by atoms with Crippen molar-refractivity contribution in [2.24, 2.45) is 5.73 Å². The quantitative estimate of drug-likeness (QED) is 0.243. The number of methoxy groups -OCH3 is 1. The largest absolute Gasteiger partial charge is 0.493 e. The summed E-state index contributed by atoms with van der Waals surface area (Å²) in [7, 11) is 1.54. The molecule has 0 spiro atoms. The molecule has 208 valence electrons. The number of pyridine rings is 1. The second-order valence-corrected chi connectivity index (χ2v) is 10.1. The van der Waals surface area contributed by atoms with E-state index < -0.39 is 17.6 Å². The molecule has 4 rings (SSSR count). The summed E-state index contributed by atoms with van der Waals surface area (Å²) in [5.74, 6) is 1.44. The zero-order valence-electron chi connectivity index (χ0n) is 23.0. The topological polar surface area (TPSA) is 122 Å². The molecule has 0 unspecified atom stereocenters. The molecule has 1 atom stereocenters. The molecule has 40 heavy (non-hydrogen) atoms. The Kier molecular flexibility index (Phi) is 8.86. The summed E-state index contributed by atoms with van der Waals surface area (Å²) in [6.07, 6.45) is 1.91. The van der Waals surface area contributed by atoms with Gasteiger partial charge in [0.25, 0.3) is 5.91 Å². The SMILES string of the molecule is COc1cc2c(Oc3ccc(NC(=O)c4ccccc4)cc3)ccnc2cc1OCC[C@H](N)C(=O)OC(C)(C)C. The fourth-order valence-corrected chi connectivity index (χ4v) is 3.81. The minimum absolute atomic E-state index is 0.186. The van der Waals surface area contributed by atoms with Crippen LogP contribution in [0.2, 0.25) is 0 Å². The molecule has 1 aromatic heterocycles. The number of esters is 1. The summed E-state index contributed by atoms with van der Waals surface area (Å²) in [6, 6.07) is 20.6. The molecule has 0 aliphatic carbocycles. The normalized spacial score (nSPS) is 11.9. The molecule has 0 saturated heterocycles. The first kappa shape index (κ1) is 28.4. The molecule has 1 heterocycles. The Morgan fingerprint density at radius 1 is 0.950 bits per heavy atom. The zero-order chi connectivity index (χ0) is 28.7. The Balaban J connectivity index is 1.43. The van der Waals surface area contributed by atoms with Crippen LogP contribution in [0.5, 0.6) is 23.0 Å². The molecule has 0 aliphatic heterocycles. The van der Waals surface area contributed by atoms with E-state index in [9.17, 15) is 9.59 Å². The molecule has 0 saturated carbocycles. The maximum atomic E-state index is 12.4.